The zero-order valence-corrected chi connectivity index (χ0v) is 8.86. The van der Waals surface area contributed by atoms with Gasteiger partial charge in [-0.3, -0.25) is 0 Å². The molecule has 1 saturated carbocycles. The summed E-state index contributed by atoms with van der Waals surface area (Å²) in [5.74, 6) is 0.608. The molecular weight excluding hydrogens is 170 g/mol. The summed E-state index contributed by atoms with van der Waals surface area (Å²) in [7, 11) is -1.06. The van der Waals surface area contributed by atoms with E-state index in [-0.39, 0.29) is 4.75 Å². The molecule has 1 unspecified atom stereocenters. The zero-order chi connectivity index (χ0) is 9.19. The molecule has 1 rings (SSSR count). The fraction of sp³-hybridized carbons (Fsp3) is 0.889. The molecule has 1 aliphatic rings. The lowest BCUT2D eigenvalue weighted by Crippen LogP contribution is -2.21. The van der Waals surface area contributed by atoms with Gasteiger partial charge in [0.15, 0.2) is 0 Å². The van der Waals surface area contributed by atoms with Crippen molar-refractivity contribution in [3.8, 4) is 0 Å². The van der Waals surface area contributed by atoms with Crippen LogP contribution in [-0.2, 0) is 11.0 Å². The van der Waals surface area contributed by atoms with Crippen LogP contribution in [0.2, 0.25) is 0 Å². The predicted octanol–water partition coefficient (Wildman–Crippen LogP) is 2.32. The number of nitrogens with zero attached hydrogens (tertiary/aromatic N) is 1. The summed E-state index contributed by atoms with van der Waals surface area (Å²) < 4.78 is 15.3. The van der Waals surface area contributed by atoms with Crippen LogP contribution in [0.25, 0.3) is 0 Å². The summed E-state index contributed by atoms with van der Waals surface area (Å²) in [6, 6.07) is 0. The van der Waals surface area contributed by atoms with Crippen molar-refractivity contribution in [2.24, 2.45) is 10.3 Å². The normalized spacial score (nSPS) is 22.6. The molecule has 0 aliphatic heterocycles. The van der Waals surface area contributed by atoms with Gasteiger partial charge in [-0.25, -0.2) is 4.21 Å². The first-order chi connectivity index (χ1) is 5.50. The van der Waals surface area contributed by atoms with E-state index < -0.39 is 11.0 Å². The Kier molecular flexibility index (Phi) is 3.04. The molecular formula is C9H17NOS. The minimum absolute atomic E-state index is 0.208. The van der Waals surface area contributed by atoms with Crippen molar-refractivity contribution in [2.75, 3.05) is 0 Å². The van der Waals surface area contributed by atoms with E-state index in [0.717, 1.165) is 0 Å². The molecule has 0 aromatic carbocycles. The lowest BCUT2D eigenvalue weighted by atomic mass is 9.87. The van der Waals surface area contributed by atoms with Crippen molar-refractivity contribution in [3.05, 3.63) is 0 Å². The van der Waals surface area contributed by atoms with E-state index >= 15 is 0 Å². The Morgan fingerprint density at radius 1 is 1.42 bits per heavy atom. The molecule has 0 saturated heterocycles. The molecule has 0 radical (unpaired) electrons. The van der Waals surface area contributed by atoms with E-state index in [4.69, 9.17) is 0 Å². The molecule has 0 aromatic rings. The topological polar surface area (TPSA) is 29.4 Å². The summed E-state index contributed by atoms with van der Waals surface area (Å²) in [5.41, 5.74) is 0. The van der Waals surface area contributed by atoms with Crippen LogP contribution in [0.1, 0.15) is 40.0 Å². The maximum Gasteiger partial charge on any atom is 0.144 e. The third-order valence-electron chi connectivity index (χ3n) is 2.04. The molecule has 1 atom stereocenters. The average Bonchev–Trinajstić information content (AvgIpc) is 1.81. The minimum atomic E-state index is -1.06. The van der Waals surface area contributed by atoms with E-state index in [2.05, 4.69) is 4.40 Å². The van der Waals surface area contributed by atoms with Gasteiger partial charge in [0.1, 0.15) is 11.0 Å². The Morgan fingerprint density at radius 3 is 2.33 bits per heavy atom. The lowest BCUT2D eigenvalue weighted by Gasteiger charge is -2.21. The Bertz CT molecular complexity index is 201. The van der Waals surface area contributed by atoms with Gasteiger partial charge in [-0.2, -0.15) is 4.40 Å². The molecule has 0 N–H and O–H groups in total. The first-order valence-corrected chi connectivity index (χ1v) is 5.57. The van der Waals surface area contributed by atoms with Gasteiger partial charge in [-0.1, -0.05) is 6.42 Å². The summed E-state index contributed by atoms with van der Waals surface area (Å²) >= 11 is 0. The minimum Gasteiger partial charge on any atom is -0.234 e. The quantitative estimate of drug-likeness (QED) is 0.610. The van der Waals surface area contributed by atoms with Crippen LogP contribution in [0.3, 0.4) is 0 Å². The van der Waals surface area contributed by atoms with Crippen molar-refractivity contribution in [1.82, 2.24) is 0 Å². The van der Waals surface area contributed by atoms with E-state index in [1.165, 1.54) is 19.3 Å². The number of hydrogen-bond donors (Lipinski definition) is 0. The molecule has 0 amide bonds. The smallest absolute Gasteiger partial charge is 0.144 e. The standard InChI is InChI=1S/C9H17NOS/c1-9(2,3)12(11)10-7-8-5-4-6-8/h7-8H,4-6H2,1-3H3/b10-7+. The second-order valence-corrected chi connectivity index (χ2v) is 6.24. The van der Waals surface area contributed by atoms with Crippen molar-refractivity contribution in [1.29, 1.82) is 0 Å². The highest BCUT2D eigenvalue weighted by atomic mass is 32.2. The zero-order valence-electron chi connectivity index (χ0n) is 8.04. The summed E-state index contributed by atoms with van der Waals surface area (Å²) in [6.45, 7) is 5.84. The molecule has 70 valence electrons. The van der Waals surface area contributed by atoms with Crippen molar-refractivity contribution in [3.63, 3.8) is 0 Å². The average molecular weight is 187 g/mol. The monoisotopic (exact) mass is 187 g/mol. The lowest BCUT2D eigenvalue weighted by molar-refractivity contribution is 0.421. The predicted molar refractivity (Wildman–Crippen MR) is 53.7 cm³/mol. The fourth-order valence-corrected chi connectivity index (χ4v) is 1.49. The van der Waals surface area contributed by atoms with Gasteiger partial charge < -0.3 is 0 Å². The molecule has 1 fully saturated rings. The van der Waals surface area contributed by atoms with Gasteiger partial charge in [0, 0.05) is 6.21 Å². The third kappa shape index (κ3) is 2.70. The SMILES string of the molecule is CC(C)(C)S(=O)/N=C/C1CCC1. The van der Waals surface area contributed by atoms with Gasteiger partial charge in [-0.05, 0) is 39.5 Å². The second-order valence-electron chi connectivity index (χ2n) is 4.31. The van der Waals surface area contributed by atoms with E-state index in [1.807, 2.05) is 27.0 Å². The highest BCUT2D eigenvalue weighted by molar-refractivity contribution is 7.85. The number of hydrogen-bond acceptors (Lipinski definition) is 1. The first-order valence-electron chi connectivity index (χ1n) is 4.46. The molecule has 12 heavy (non-hydrogen) atoms. The van der Waals surface area contributed by atoms with Crippen LogP contribution in [0.4, 0.5) is 0 Å². The van der Waals surface area contributed by atoms with Crippen LogP contribution in [0.5, 0.6) is 0 Å². The van der Waals surface area contributed by atoms with E-state index in [0.29, 0.717) is 5.92 Å². The maximum absolute atomic E-state index is 11.4. The first kappa shape index (κ1) is 9.90. The summed E-state index contributed by atoms with van der Waals surface area (Å²) in [4.78, 5) is 0. The van der Waals surface area contributed by atoms with Crippen molar-refractivity contribution < 1.29 is 4.21 Å². The van der Waals surface area contributed by atoms with Crippen LogP contribution < -0.4 is 0 Å². The van der Waals surface area contributed by atoms with Crippen LogP contribution >= 0.6 is 0 Å². The Morgan fingerprint density at radius 2 is 2.00 bits per heavy atom. The van der Waals surface area contributed by atoms with Crippen molar-refractivity contribution in [2.45, 2.75) is 44.8 Å². The molecule has 0 aromatic heterocycles. The number of rotatable bonds is 2. The Hall–Kier alpha value is -0.180. The third-order valence-corrected chi connectivity index (χ3v) is 3.40. The largest absolute Gasteiger partial charge is 0.234 e. The Balaban J connectivity index is 2.39. The van der Waals surface area contributed by atoms with Crippen LogP contribution in [0, 0.1) is 5.92 Å². The maximum atomic E-state index is 11.4. The second kappa shape index (κ2) is 3.69. The fourth-order valence-electron chi connectivity index (χ4n) is 0.888. The summed E-state index contributed by atoms with van der Waals surface area (Å²) in [5, 5.41) is 0. The van der Waals surface area contributed by atoms with Gasteiger partial charge >= 0.3 is 0 Å². The highest BCUT2D eigenvalue weighted by Gasteiger charge is 2.20. The summed E-state index contributed by atoms with van der Waals surface area (Å²) in [6.07, 6.45) is 5.64. The van der Waals surface area contributed by atoms with Gasteiger partial charge in [-0.15, -0.1) is 0 Å². The molecule has 2 nitrogen and oxygen atoms in total. The Labute approximate surface area is 77.1 Å². The van der Waals surface area contributed by atoms with Gasteiger partial charge in [0.2, 0.25) is 0 Å². The van der Waals surface area contributed by atoms with E-state index in [1.54, 1.807) is 0 Å². The van der Waals surface area contributed by atoms with Gasteiger partial charge in [0.05, 0.1) is 4.75 Å². The molecule has 0 spiro atoms. The molecule has 1 aliphatic carbocycles. The van der Waals surface area contributed by atoms with Crippen molar-refractivity contribution >= 4 is 17.2 Å². The van der Waals surface area contributed by atoms with Crippen LogP contribution in [-0.4, -0.2) is 15.2 Å². The van der Waals surface area contributed by atoms with Gasteiger partial charge in [0.25, 0.3) is 0 Å². The molecule has 3 heteroatoms. The van der Waals surface area contributed by atoms with Crippen LogP contribution in [0.15, 0.2) is 4.40 Å². The molecule has 0 heterocycles. The van der Waals surface area contributed by atoms with E-state index in [9.17, 15) is 4.21 Å². The molecule has 0 bridgehead atoms. The highest BCUT2D eigenvalue weighted by Crippen LogP contribution is 2.24.